The van der Waals surface area contributed by atoms with Gasteiger partial charge in [-0.25, -0.2) is 0 Å². The third kappa shape index (κ3) is 3.65. The van der Waals surface area contributed by atoms with Crippen LogP contribution < -0.4 is 15.4 Å². The van der Waals surface area contributed by atoms with E-state index in [1.165, 1.54) is 0 Å². The van der Waals surface area contributed by atoms with Crippen molar-refractivity contribution >= 4 is 24.1 Å². The van der Waals surface area contributed by atoms with Crippen molar-refractivity contribution in [1.82, 2.24) is 5.32 Å². The van der Waals surface area contributed by atoms with E-state index in [0.717, 1.165) is 36.2 Å². The summed E-state index contributed by atoms with van der Waals surface area (Å²) in [5, 5.41) is 6.40. The highest BCUT2D eigenvalue weighted by Crippen LogP contribution is 2.23. The fraction of sp³-hybridized carbons (Fsp3) is 0.133. The molecule has 5 heteroatoms. The van der Waals surface area contributed by atoms with Gasteiger partial charge in [0, 0.05) is 18.3 Å². The Balaban J connectivity index is 0.00000147. The summed E-state index contributed by atoms with van der Waals surface area (Å²) >= 11 is 0. The molecule has 1 aliphatic rings. The third-order valence-electron chi connectivity index (χ3n) is 2.75. The molecule has 1 heterocycles. The average molecular weight is 290 g/mol. The van der Waals surface area contributed by atoms with E-state index in [-0.39, 0.29) is 12.4 Å². The molecule has 0 aromatic heterocycles. The van der Waals surface area contributed by atoms with Crippen LogP contribution in [-0.4, -0.2) is 19.0 Å². The van der Waals surface area contributed by atoms with Crippen molar-refractivity contribution in [3.63, 3.8) is 0 Å². The van der Waals surface area contributed by atoms with Crippen LogP contribution in [0.5, 0.6) is 11.5 Å². The Kier molecular flexibility index (Phi) is 4.85. The maximum atomic E-state index is 5.78. The van der Waals surface area contributed by atoms with Crippen LogP contribution in [0, 0.1) is 0 Å². The van der Waals surface area contributed by atoms with Crippen LogP contribution in [0.15, 0.2) is 59.6 Å². The number of ether oxygens (including phenoxy) is 1. The topological polar surface area (TPSA) is 45.6 Å². The number of halogens is 1. The predicted molar refractivity (Wildman–Crippen MR) is 84.1 cm³/mol. The molecule has 2 N–H and O–H groups in total. The maximum absolute atomic E-state index is 5.78. The van der Waals surface area contributed by atoms with E-state index in [9.17, 15) is 0 Å². The normalized spacial score (nSPS) is 12.9. The van der Waals surface area contributed by atoms with E-state index < -0.39 is 0 Å². The van der Waals surface area contributed by atoms with Crippen LogP contribution in [0.3, 0.4) is 0 Å². The fourth-order valence-electron chi connectivity index (χ4n) is 1.88. The van der Waals surface area contributed by atoms with Gasteiger partial charge in [0.25, 0.3) is 0 Å². The second-order valence-electron chi connectivity index (χ2n) is 4.23. The molecule has 0 spiro atoms. The monoisotopic (exact) mass is 289 g/mol. The van der Waals surface area contributed by atoms with Crippen molar-refractivity contribution in [3.8, 4) is 11.5 Å². The molecule has 0 atom stereocenters. The molecular formula is C15H16ClN3O. The lowest BCUT2D eigenvalue weighted by Gasteiger charge is -2.09. The summed E-state index contributed by atoms with van der Waals surface area (Å²) in [6, 6.07) is 17.6. The molecule has 2 aromatic carbocycles. The SMILES string of the molecule is Cl.c1ccc(Oc2cccc(NC3=NCCN3)c2)cc1. The third-order valence-corrected chi connectivity index (χ3v) is 2.75. The van der Waals surface area contributed by atoms with Crippen molar-refractivity contribution in [3.05, 3.63) is 54.6 Å². The minimum atomic E-state index is 0. The van der Waals surface area contributed by atoms with Gasteiger partial charge in [0.2, 0.25) is 0 Å². The zero-order valence-electron chi connectivity index (χ0n) is 10.9. The lowest BCUT2D eigenvalue weighted by atomic mass is 10.3. The van der Waals surface area contributed by atoms with E-state index in [4.69, 9.17) is 4.74 Å². The van der Waals surface area contributed by atoms with Gasteiger partial charge < -0.3 is 15.4 Å². The molecule has 0 aliphatic carbocycles. The van der Waals surface area contributed by atoms with Gasteiger partial charge in [-0.1, -0.05) is 24.3 Å². The predicted octanol–water partition coefficient (Wildman–Crippen LogP) is 3.27. The molecule has 1 aliphatic heterocycles. The van der Waals surface area contributed by atoms with Crippen LogP contribution >= 0.6 is 12.4 Å². The molecule has 3 rings (SSSR count). The number of anilines is 1. The van der Waals surface area contributed by atoms with Crippen molar-refractivity contribution in [2.45, 2.75) is 0 Å². The van der Waals surface area contributed by atoms with Crippen LogP contribution in [-0.2, 0) is 0 Å². The summed E-state index contributed by atoms with van der Waals surface area (Å²) in [7, 11) is 0. The number of guanidine groups is 1. The van der Waals surface area contributed by atoms with Crippen LogP contribution in [0.1, 0.15) is 0 Å². The standard InChI is InChI=1S/C15H15N3O.ClH/c1-2-6-13(7-3-1)19-14-8-4-5-12(11-14)18-15-16-9-10-17-15;/h1-8,11H,9-10H2,(H2,16,17,18);1H. The maximum Gasteiger partial charge on any atom is 0.195 e. The Morgan fingerprint density at radius 1 is 1.00 bits per heavy atom. The number of nitrogens with one attached hydrogen (secondary N) is 2. The lowest BCUT2D eigenvalue weighted by molar-refractivity contribution is 0.483. The van der Waals surface area contributed by atoms with E-state index in [2.05, 4.69) is 15.6 Å². The number of rotatable bonds is 3. The van der Waals surface area contributed by atoms with Crippen molar-refractivity contribution in [2.75, 3.05) is 18.4 Å². The number of hydrogen-bond acceptors (Lipinski definition) is 4. The quantitative estimate of drug-likeness (QED) is 0.911. The summed E-state index contributed by atoms with van der Waals surface area (Å²) in [6.45, 7) is 1.71. The molecule has 0 fully saturated rings. The Morgan fingerprint density at radius 2 is 1.80 bits per heavy atom. The van der Waals surface area contributed by atoms with Gasteiger partial charge in [-0.15, -0.1) is 12.4 Å². The second-order valence-corrected chi connectivity index (χ2v) is 4.23. The zero-order valence-corrected chi connectivity index (χ0v) is 11.7. The summed E-state index contributed by atoms with van der Waals surface area (Å²) < 4.78 is 5.78. The Hall–Kier alpha value is -2.20. The van der Waals surface area contributed by atoms with Gasteiger partial charge in [-0.2, -0.15) is 0 Å². The lowest BCUT2D eigenvalue weighted by Crippen LogP contribution is -2.26. The highest BCUT2D eigenvalue weighted by atomic mass is 35.5. The molecular weight excluding hydrogens is 274 g/mol. The van der Waals surface area contributed by atoms with E-state index >= 15 is 0 Å². The first-order valence-electron chi connectivity index (χ1n) is 6.28. The molecule has 0 saturated carbocycles. The summed E-state index contributed by atoms with van der Waals surface area (Å²) in [4.78, 5) is 4.30. The fourth-order valence-corrected chi connectivity index (χ4v) is 1.88. The number of benzene rings is 2. The van der Waals surface area contributed by atoms with Gasteiger partial charge >= 0.3 is 0 Å². The average Bonchev–Trinajstić information content (AvgIpc) is 2.93. The van der Waals surface area contributed by atoms with Gasteiger partial charge in [0.1, 0.15) is 11.5 Å². The van der Waals surface area contributed by atoms with Gasteiger partial charge in [0.15, 0.2) is 5.96 Å². The molecule has 0 radical (unpaired) electrons. The molecule has 20 heavy (non-hydrogen) atoms. The number of aliphatic imine (C=N–C) groups is 1. The summed E-state index contributed by atoms with van der Waals surface area (Å²) in [5.74, 6) is 2.45. The summed E-state index contributed by atoms with van der Waals surface area (Å²) in [5.41, 5.74) is 0.960. The molecule has 0 unspecified atom stereocenters. The molecule has 104 valence electrons. The van der Waals surface area contributed by atoms with Crippen LogP contribution in [0.4, 0.5) is 5.69 Å². The van der Waals surface area contributed by atoms with Crippen molar-refractivity contribution in [2.24, 2.45) is 4.99 Å². The molecule has 0 amide bonds. The minimum Gasteiger partial charge on any atom is -0.457 e. The number of nitrogens with zero attached hydrogens (tertiary/aromatic N) is 1. The summed E-state index contributed by atoms with van der Waals surface area (Å²) in [6.07, 6.45) is 0. The molecule has 2 aromatic rings. The van der Waals surface area contributed by atoms with Crippen molar-refractivity contribution < 1.29 is 4.74 Å². The second kappa shape index (κ2) is 6.82. The number of para-hydroxylation sites is 1. The Labute approximate surface area is 124 Å². The Bertz CT molecular complexity index is 587. The van der Waals surface area contributed by atoms with Gasteiger partial charge in [-0.3, -0.25) is 4.99 Å². The number of hydrogen-bond donors (Lipinski definition) is 2. The first kappa shape index (κ1) is 14.2. The van der Waals surface area contributed by atoms with Crippen LogP contribution in [0.2, 0.25) is 0 Å². The van der Waals surface area contributed by atoms with Gasteiger partial charge in [0.05, 0.1) is 6.54 Å². The first-order chi connectivity index (χ1) is 9.40. The largest absolute Gasteiger partial charge is 0.457 e. The van der Waals surface area contributed by atoms with Crippen molar-refractivity contribution in [1.29, 1.82) is 0 Å². The first-order valence-corrected chi connectivity index (χ1v) is 6.28. The van der Waals surface area contributed by atoms with E-state index in [1.807, 2.05) is 54.6 Å². The van der Waals surface area contributed by atoms with E-state index in [1.54, 1.807) is 0 Å². The highest BCUT2D eigenvalue weighted by molar-refractivity contribution is 5.94. The minimum absolute atomic E-state index is 0. The molecule has 4 nitrogen and oxygen atoms in total. The van der Waals surface area contributed by atoms with Crippen LogP contribution in [0.25, 0.3) is 0 Å². The smallest absolute Gasteiger partial charge is 0.195 e. The van der Waals surface area contributed by atoms with E-state index in [0.29, 0.717) is 0 Å². The highest BCUT2D eigenvalue weighted by Gasteiger charge is 2.05. The molecule has 0 saturated heterocycles. The Morgan fingerprint density at radius 3 is 2.55 bits per heavy atom. The van der Waals surface area contributed by atoms with Gasteiger partial charge in [-0.05, 0) is 24.3 Å². The zero-order chi connectivity index (χ0) is 12.9. The molecule has 0 bridgehead atoms.